The number of aromatic nitrogens is 4. The van der Waals surface area contributed by atoms with Crippen molar-refractivity contribution in [2.75, 3.05) is 20.2 Å². The first-order valence-corrected chi connectivity index (χ1v) is 12.7. The van der Waals surface area contributed by atoms with E-state index in [0.29, 0.717) is 23.9 Å². The van der Waals surface area contributed by atoms with Gasteiger partial charge in [0.05, 0.1) is 18.6 Å². The van der Waals surface area contributed by atoms with Crippen LogP contribution in [0.15, 0.2) is 71.6 Å². The molecule has 3 aromatic carbocycles. The molecule has 0 radical (unpaired) electrons. The maximum absolute atomic E-state index is 12.3. The number of nitrogens with one attached hydrogen (secondary N) is 1. The van der Waals surface area contributed by atoms with Crippen LogP contribution in [0.4, 0.5) is 0 Å². The second-order valence-corrected chi connectivity index (χ2v) is 9.52. The van der Waals surface area contributed by atoms with Gasteiger partial charge in [-0.3, -0.25) is 0 Å². The molecular weight excluding hydrogens is 462 g/mol. The molecule has 1 aliphatic heterocycles. The van der Waals surface area contributed by atoms with Crippen molar-refractivity contribution in [3.05, 3.63) is 77.9 Å². The maximum Gasteiger partial charge on any atom is 0.187 e. The first-order chi connectivity index (χ1) is 17.1. The Morgan fingerprint density at radius 1 is 1.06 bits per heavy atom. The molecule has 9 heteroatoms. The van der Waals surface area contributed by atoms with E-state index in [9.17, 15) is 8.76 Å². The summed E-state index contributed by atoms with van der Waals surface area (Å²) in [5, 5.41) is 15.7. The molecule has 1 aromatic heterocycles. The standard InChI is InChI=1S/C26H27N5O3S/c1-34-22-11-5-18(6-12-22)17-31-26(28-29-30-31)25-23(3-2-4-24(25)35(32)33)21-9-7-19(8-10-21)20-13-15-27-16-14-20/h2-12,20,27H,13-17H2,1H3,(H,32,33). The molecule has 4 aromatic rings. The Morgan fingerprint density at radius 3 is 2.49 bits per heavy atom. The number of nitrogens with zero attached hydrogens (tertiary/aromatic N) is 4. The molecule has 1 aliphatic rings. The van der Waals surface area contributed by atoms with Crippen LogP contribution in [-0.2, 0) is 17.6 Å². The summed E-state index contributed by atoms with van der Waals surface area (Å²) in [5.41, 5.74) is 4.62. The second-order valence-electron chi connectivity index (χ2n) is 8.58. The van der Waals surface area contributed by atoms with Crippen molar-refractivity contribution in [1.82, 2.24) is 25.5 Å². The van der Waals surface area contributed by atoms with Crippen LogP contribution in [0.25, 0.3) is 22.5 Å². The molecule has 0 bridgehead atoms. The highest BCUT2D eigenvalue weighted by atomic mass is 32.2. The van der Waals surface area contributed by atoms with Crippen molar-refractivity contribution in [2.24, 2.45) is 0 Å². The summed E-state index contributed by atoms with van der Waals surface area (Å²) in [7, 11) is 1.63. The van der Waals surface area contributed by atoms with E-state index in [1.807, 2.05) is 30.3 Å². The van der Waals surface area contributed by atoms with Gasteiger partial charge in [-0.2, -0.15) is 0 Å². The van der Waals surface area contributed by atoms with E-state index in [2.05, 4.69) is 45.1 Å². The summed E-state index contributed by atoms with van der Waals surface area (Å²) in [6, 6.07) is 21.5. The highest BCUT2D eigenvalue weighted by Gasteiger charge is 2.22. The minimum atomic E-state index is -2.21. The molecule has 5 rings (SSSR count). The van der Waals surface area contributed by atoms with Crippen LogP contribution in [0.5, 0.6) is 5.75 Å². The predicted octanol–water partition coefficient (Wildman–Crippen LogP) is 4.11. The van der Waals surface area contributed by atoms with Crippen LogP contribution >= 0.6 is 0 Å². The summed E-state index contributed by atoms with van der Waals surface area (Å²) >= 11 is -2.21. The molecule has 0 saturated carbocycles. The molecular formula is C26H27N5O3S. The number of methoxy groups -OCH3 is 1. The fraction of sp³-hybridized carbons (Fsp3) is 0.269. The van der Waals surface area contributed by atoms with Gasteiger partial charge in [-0.05, 0) is 82.7 Å². The molecule has 2 N–H and O–H groups in total. The van der Waals surface area contributed by atoms with Gasteiger partial charge in [-0.15, -0.1) is 5.10 Å². The summed E-state index contributed by atoms with van der Waals surface area (Å²) < 4.78 is 29.3. The minimum Gasteiger partial charge on any atom is -0.497 e. The first-order valence-electron chi connectivity index (χ1n) is 11.6. The van der Waals surface area contributed by atoms with Crippen molar-refractivity contribution >= 4 is 11.1 Å². The lowest BCUT2D eigenvalue weighted by Crippen LogP contribution is -2.26. The van der Waals surface area contributed by atoms with Crippen molar-refractivity contribution in [3.63, 3.8) is 0 Å². The van der Waals surface area contributed by atoms with E-state index in [-0.39, 0.29) is 4.90 Å². The van der Waals surface area contributed by atoms with Gasteiger partial charge in [0.1, 0.15) is 5.75 Å². The summed E-state index contributed by atoms with van der Waals surface area (Å²) in [4.78, 5) is 0.274. The Morgan fingerprint density at radius 2 is 1.80 bits per heavy atom. The largest absolute Gasteiger partial charge is 0.497 e. The maximum atomic E-state index is 12.3. The lowest BCUT2D eigenvalue weighted by atomic mass is 9.89. The van der Waals surface area contributed by atoms with Crippen LogP contribution in [0.1, 0.15) is 29.9 Å². The minimum absolute atomic E-state index is 0.274. The first kappa shape index (κ1) is 23.3. The third-order valence-corrected chi connectivity index (χ3v) is 7.21. The average molecular weight is 490 g/mol. The van der Waals surface area contributed by atoms with Crippen molar-refractivity contribution in [1.29, 1.82) is 0 Å². The number of hydrogen-bond donors (Lipinski definition) is 2. The van der Waals surface area contributed by atoms with Gasteiger partial charge in [0.15, 0.2) is 16.9 Å². The molecule has 1 saturated heterocycles. The molecule has 0 spiro atoms. The fourth-order valence-corrected chi connectivity index (χ4v) is 5.20. The topological polar surface area (TPSA) is 102 Å². The number of rotatable bonds is 7. The SMILES string of the molecule is COc1ccc(Cn2nnnc2-c2c(-c3ccc(C4CCNCC4)cc3)cccc2S(=O)O)cc1. The zero-order valence-corrected chi connectivity index (χ0v) is 20.2. The van der Waals surface area contributed by atoms with Crippen molar-refractivity contribution < 1.29 is 13.5 Å². The highest BCUT2D eigenvalue weighted by molar-refractivity contribution is 7.79. The third-order valence-electron chi connectivity index (χ3n) is 6.49. The molecule has 8 nitrogen and oxygen atoms in total. The summed E-state index contributed by atoms with van der Waals surface area (Å²) in [6.07, 6.45) is 2.26. The van der Waals surface area contributed by atoms with Gasteiger partial charge < -0.3 is 14.6 Å². The second kappa shape index (κ2) is 10.5. The Bertz CT molecular complexity index is 1320. The predicted molar refractivity (Wildman–Crippen MR) is 135 cm³/mol. The number of hydrogen-bond acceptors (Lipinski definition) is 6. The number of benzene rings is 3. The van der Waals surface area contributed by atoms with E-state index in [0.717, 1.165) is 48.4 Å². The quantitative estimate of drug-likeness (QED) is 0.377. The zero-order chi connectivity index (χ0) is 24.2. The molecule has 2 heterocycles. The highest BCUT2D eigenvalue weighted by Crippen LogP contribution is 2.36. The monoisotopic (exact) mass is 489 g/mol. The Labute approximate surface area is 206 Å². The van der Waals surface area contributed by atoms with Gasteiger partial charge in [0.25, 0.3) is 0 Å². The van der Waals surface area contributed by atoms with Crippen LogP contribution in [0.2, 0.25) is 0 Å². The van der Waals surface area contributed by atoms with Crippen LogP contribution in [0, 0.1) is 0 Å². The number of tetrazole rings is 1. The van der Waals surface area contributed by atoms with Crippen molar-refractivity contribution in [3.8, 4) is 28.3 Å². The lowest BCUT2D eigenvalue weighted by molar-refractivity contribution is 0.414. The van der Waals surface area contributed by atoms with Gasteiger partial charge in [0.2, 0.25) is 0 Å². The van der Waals surface area contributed by atoms with Gasteiger partial charge >= 0.3 is 0 Å². The zero-order valence-electron chi connectivity index (χ0n) is 19.4. The van der Waals surface area contributed by atoms with E-state index in [4.69, 9.17) is 4.74 Å². The molecule has 1 unspecified atom stereocenters. The van der Waals surface area contributed by atoms with E-state index in [1.165, 1.54) is 5.56 Å². The molecule has 1 atom stereocenters. The molecule has 1 fully saturated rings. The van der Waals surface area contributed by atoms with Crippen LogP contribution < -0.4 is 10.1 Å². The number of ether oxygens (including phenoxy) is 1. The van der Waals surface area contributed by atoms with Crippen molar-refractivity contribution in [2.45, 2.75) is 30.2 Å². The normalized spacial score (nSPS) is 15.1. The van der Waals surface area contributed by atoms with E-state index in [1.54, 1.807) is 23.9 Å². The number of piperidine rings is 1. The van der Waals surface area contributed by atoms with E-state index >= 15 is 0 Å². The van der Waals surface area contributed by atoms with Gasteiger partial charge in [-0.25, -0.2) is 8.89 Å². The summed E-state index contributed by atoms with van der Waals surface area (Å²) in [6.45, 7) is 2.49. The smallest absolute Gasteiger partial charge is 0.187 e. The van der Waals surface area contributed by atoms with E-state index < -0.39 is 11.1 Å². The lowest BCUT2D eigenvalue weighted by Gasteiger charge is -2.23. The van der Waals surface area contributed by atoms with Gasteiger partial charge in [-0.1, -0.05) is 48.5 Å². The summed E-state index contributed by atoms with van der Waals surface area (Å²) in [5.74, 6) is 1.76. The Balaban J connectivity index is 1.53. The Kier molecular flexibility index (Phi) is 6.98. The average Bonchev–Trinajstić information content (AvgIpc) is 3.37. The Hall–Kier alpha value is -3.40. The fourth-order valence-electron chi connectivity index (χ4n) is 4.63. The van der Waals surface area contributed by atoms with Crippen LogP contribution in [-0.4, -0.2) is 49.2 Å². The van der Waals surface area contributed by atoms with Crippen LogP contribution in [0.3, 0.4) is 0 Å². The third kappa shape index (κ3) is 5.02. The van der Waals surface area contributed by atoms with Gasteiger partial charge in [0, 0.05) is 5.56 Å². The molecule has 0 aliphatic carbocycles. The molecule has 0 amide bonds. The molecule has 35 heavy (non-hydrogen) atoms. The molecule has 180 valence electrons.